The zero-order valence-corrected chi connectivity index (χ0v) is 11.1. The van der Waals surface area contributed by atoms with Gasteiger partial charge in [-0.15, -0.1) is 0 Å². The summed E-state index contributed by atoms with van der Waals surface area (Å²) in [6.45, 7) is 2.52. The van der Waals surface area contributed by atoms with Crippen molar-refractivity contribution in [2.24, 2.45) is 0 Å². The molecule has 1 unspecified atom stereocenters. The van der Waals surface area contributed by atoms with Crippen molar-refractivity contribution in [1.29, 1.82) is 0 Å². The Balaban J connectivity index is 1.88. The Morgan fingerprint density at radius 1 is 1.25 bits per heavy atom. The van der Waals surface area contributed by atoms with Gasteiger partial charge in [-0.05, 0) is 42.7 Å². The number of nitrogens with one attached hydrogen (secondary N) is 1. The SMILES string of the molecule is CCOc1cccc(C2Cc3cc(F)cc(F)c3N2)c1. The molecule has 0 saturated heterocycles. The topological polar surface area (TPSA) is 21.3 Å². The van der Waals surface area contributed by atoms with Gasteiger partial charge in [0.05, 0.1) is 18.3 Å². The summed E-state index contributed by atoms with van der Waals surface area (Å²) in [6, 6.07) is 9.92. The average molecular weight is 275 g/mol. The summed E-state index contributed by atoms with van der Waals surface area (Å²) in [7, 11) is 0. The zero-order valence-electron chi connectivity index (χ0n) is 11.1. The van der Waals surface area contributed by atoms with Crippen LogP contribution in [0.2, 0.25) is 0 Å². The van der Waals surface area contributed by atoms with E-state index in [2.05, 4.69) is 5.32 Å². The first-order chi connectivity index (χ1) is 9.67. The minimum absolute atomic E-state index is 0.0540. The highest BCUT2D eigenvalue weighted by Crippen LogP contribution is 2.37. The van der Waals surface area contributed by atoms with Crippen LogP contribution in [0.15, 0.2) is 36.4 Å². The summed E-state index contributed by atoms with van der Waals surface area (Å²) in [5.74, 6) is -0.287. The van der Waals surface area contributed by atoms with E-state index in [-0.39, 0.29) is 6.04 Å². The molecule has 2 aromatic rings. The van der Waals surface area contributed by atoms with Crippen LogP contribution in [0.5, 0.6) is 5.75 Å². The first kappa shape index (κ1) is 12.9. The Morgan fingerprint density at radius 2 is 2.10 bits per heavy atom. The molecule has 1 aliphatic rings. The maximum Gasteiger partial charge on any atom is 0.149 e. The molecule has 20 heavy (non-hydrogen) atoms. The Kier molecular flexibility index (Phi) is 3.30. The third-order valence-electron chi connectivity index (χ3n) is 3.45. The predicted molar refractivity (Wildman–Crippen MR) is 74.0 cm³/mol. The van der Waals surface area contributed by atoms with Crippen LogP contribution in [0, 0.1) is 11.6 Å². The van der Waals surface area contributed by atoms with Gasteiger partial charge in [-0.1, -0.05) is 12.1 Å². The van der Waals surface area contributed by atoms with E-state index in [0.29, 0.717) is 24.3 Å². The maximum atomic E-state index is 13.7. The highest BCUT2D eigenvalue weighted by atomic mass is 19.1. The van der Waals surface area contributed by atoms with Gasteiger partial charge in [0, 0.05) is 6.07 Å². The fourth-order valence-corrected chi connectivity index (χ4v) is 2.58. The van der Waals surface area contributed by atoms with E-state index in [1.807, 2.05) is 31.2 Å². The van der Waals surface area contributed by atoms with Crippen LogP contribution in [-0.2, 0) is 6.42 Å². The van der Waals surface area contributed by atoms with Crippen molar-refractivity contribution in [3.63, 3.8) is 0 Å². The molecule has 3 rings (SSSR count). The molecule has 0 aromatic heterocycles. The smallest absolute Gasteiger partial charge is 0.149 e. The minimum atomic E-state index is -0.538. The van der Waals surface area contributed by atoms with Crippen molar-refractivity contribution >= 4 is 5.69 Å². The molecule has 1 atom stereocenters. The minimum Gasteiger partial charge on any atom is -0.494 e. The van der Waals surface area contributed by atoms with Gasteiger partial charge in [-0.2, -0.15) is 0 Å². The van der Waals surface area contributed by atoms with Gasteiger partial charge in [-0.25, -0.2) is 8.78 Å². The van der Waals surface area contributed by atoms with Gasteiger partial charge in [0.1, 0.15) is 17.4 Å². The number of hydrogen-bond acceptors (Lipinski definition) is 2. The van der Waals surface area contributed by atoms with Gasteiger partial charge in [-0.3, -0.25) is 0 Å². The summed E-state index contributed by atoms with van der Waals surface area (Å²) in [4.78, 5) is 0. The molecule has 0 saturated carbocycles. The van der Waals surface area contributed by atoms with Crippen LogP contribution < -0.4 is 10.1 Å². The Labute approximate surface area is 116 Å². The van der Waals surface area contributed by atoms with E-state index in [0.717, 1.165) is 17.4 Å². The van der Waals surface area contributed by atoms with Crippen LogP contribution in [0.4, 0.5) is 14.5 Å². The molecule has 1 aliphatic heterocycles. The van der Waals surface area contributed by atoms with Gasteiger partial charge in [0.25, 0.3) is 0 Å². The first-order valence-corrected chi connectivity index (χ1v) is 6.64. The molecule has 4 heteroatoms. The monoisotopic (exact) mass is 275 g/mol. The van der Waals surface area contributed by atoms with Gasteiger partial charge >= 0.3 is 0 Å². The Hall–Kier alpha value is -2.10. The molecule has 1 heterocycles. The quantitative estimate of drug-likeness (QED) is 0.911. The Morgan fingerprint density at radius 3 is 2.90 bits per heavy atom. The normalized spacial score (nSPS) is 16.6. The number of halogens is 2. The molecule has 0 fully saturated rings. The van der Waals surface area contributed by atoms with Crippen molar-refractivity contribution in [2.45, 2.75) is 19.4 Å². The largest absolute Gasteiger partial charge is 0.494 e. The number of rotatable bonds is 3. The lowest BCUT2D eigenvalue weighted by atomic mass is 10.0. The molecule has 0 spiro atoms. The van der Waals surface area contributed by atoms with E-state index >= 15 is 0 Å². The van der Waals surface area contributed by atoms with Crippen LogP contribution in [0.25, 0.3) is 0 Å². The molecular formula is C16H15F2NO. The lowest BCUT2D eigenvalue weighted by Crippen LogP contribution is -2.06. The second-order valence-corrected chi connectivity index (χ2v) is 4.83. The van der Waals surface area contributed by atoms with E-state index in [4.69, 9.17) is 4.74 Å². The van der Waals surface area contributed by atoms with Crippen LogP contribution in [-0.4, -0.2) is 6.61 Å². The van der Waals surface area contributed by atoms with Gasteiger partial charge in [0.2, 0.25) is 0 Å². The lowest BCUT2D eigenvalue weighted by Gasteiger charge is -2.13. The molecule has 2 aromatic carbocycles. The van der Waals surface area contributed by atoms with Crippen molar-refractivity contribution in [1.82, 2.24) is 0 Å². The number of anilines is 1. The Bertz CT molecular complexity index is 642. The van der Waals surface area contributed by atoms with E-state index in [1.165, 1.54) is 6.07 Å². The van der Waals surface area contributed by atoms with Crippen LogP contribution in [0.3, 0.4) is 0 Å². The van der Waals surface area contributed by atoms with Crippen LogP contribution in [0.1, 0.15) is 24.1 Å². The number of fused-ring (bicyclic) bond motifs is 1. The fourth-order valence-electron chi connectivity index (χ4n) is 2.58. The highest BCUT2D eigenvalue weighted by molar-refractivity contribution is 5.59. The maximum absolute atomic E-state index is 13.7. The number of ether oxygens (including phenoxy) is 1. The lowest BCUT2D eigenvalue weighted by molar-refractivity contribution is 0.339. The summed E-state index contributed by atoms with van der Waals surface area (Å²) < 4.78 is 32.4. The molecule has 2 nitrogen and oxygen atoms in total. The second kappa shape index (κ2) is 5.12. The van der Waals surface area contributed by atoms with Crippen molar-refractivity contribution in [3.05, 3.63) is 59.2 Å². The standard InChI is InChI=1S/C16H15F2NO/c1-2-20-13-5-3-4-10(7-13)15-8-11-6-12(17)9-14(18)16(11)19-15/h3-7,9,15,19H,2,8H2,1H3. The van der Waals surface area contributed by atoms with Crippen molar-refractivity contribution in [2.75, 3.05) is 11.9 Å². The van der Waals surface area contributed by atoms with E-state index in [1.54, 1.807) is 0 Å². The summed E-state index contributed by atoms with van der Waals surface area (Å²) in [5, 5.41) is 3.12. The first-order valence-electron chi connectivity index (χ1n) is 6.64. The highest BCUT2D eigenvalue weighted by Gasteiger charge is 2.25. The zero-order chi connectivity index (χ0) is 14.1. The summed E-state index contributed by atoms with van der Waals surface area (Å²) >= 11 is 0. The molecule has 0 bridgehead atoms. The fraction of sp³-hybridized carbons (Fsp3) is 0.250. The van der Waals surface area contributed by atoms with Gasteiger partial charge in [0.15, 0.2) is 0 Å². The molecule has 1 N–H and O–H groups in total. The third-order valence-corrected chi connectivity index (χ3v) is 3.45. The van der Waals surface area contributed by atoms with Crippen molar-refractivity contribution in [3.8, 4) is 5.75 Å². The van der Waals surface area contributed by atoms with E-state index < -0.39 is 11.6 Å². The average Bonchev–Trinajstić information content (AvgIpc) is 2.83. The molecular weight excluding hydrogens is 260 g/mol. The number of hydrogen-bond donors (Lipinski definition) is 1. The number of benzene rings is 2. The molecule has 104 valence electrons. The molecule has 0 radical (unpaired) electrons. The van der Waals surface area contributed by atoms with Crippen LogP contribution >= 0.6 is 0 Å². The second-order valence-electron chi connectivity index (χ2n) is 4.83. The summed E-state index contributed by atoms with van der Waals surface area (Å²) in [5.41, 5.74) is 2.08. The predicted octanol–water partition coefficient (Wildman–Crippen LogP) is 4.07. The molecule has 0 amide bonds. The van der Waals surface area contributed by atoms with Crippen molar-refractivity contribution < 1.29 is 13.5 Å². The third kappa shape index (κ3) is 2.33. The van der Waals surface area contributed by atoms with E-state index in [9.17, 15) is 8.78 Å². The summed E-state index contributed by atoms with van der Waals surface area (Å²) in [6.07, 6.45) is 0.569. The van der Waals surface area contributed by atoms with Gasteiger partial charge < -0.3 is 10.1 Å². The molecule has 0 aliphatic carbocycles.